The normalized spacial score (nSPS) is 12.3. The topological polar surface area (TPSA) is 0 Å². The van der Waals surface area contributed by atoms with Gasteiger partial charge in [0.25, 0.3) is 0 Å². The van der Waals surface area contributed by atoms with Crippen LogP contribution in [-0.2, 0) is 0 Å². The Bertz CT molecular complexity index is 129. The fourth-order valence-corrected chi connectivity index (χ4v) is 0.734. The summed E-state index contributed by atoms with van der Waals surface area (Å²) in [5, 5.41) is 0. The largest absolute Gasteiger partial charge is 0.103 e. The molecule has 0 rings (SSSR count). The van der Waals surface area contributed by atoms with E-state index in [1.165, 1.54) is 6.42 Å². The highest BCUT2D eigenvalue weighted by Gasteiger charge is 2.08. The molecule has 11 heavy (non-hydrogen) atoms. The van der Waals surface area contributed by atoms with Crippen molar-refractivity contribution in [2.75, 3.05) is 0 Å². The van der Waals surface area contributed by atoms with Crippen LogP contribution in [0, 0.1) is 5.41 Å². The fraction of sp³-hybridized carbons (Fsp3) is 0.636. The van der Waals surface area contributed by atoms with Crippen LogP contribution in [0.5, 0.6) is 0 Å². The van der Waals surface area contributed by atoms with E-state index in [1.807, 2.05) is 6.08 Å². The second-order valence-electron chi connectivity index (χ2n) is 3.61. The van der Waals surface area contributed by atoms with Crippen LogP contribution < -0.4 is 0 Å². The number of unbranched alkanes of at least 4 members (excludes halogenated alkanes) is 1. The summed E-state index contributed by atoms with van der Waals surface area (Å²) in [5.41, 5.74) is 0.376. The monoisotopic (exact) mass is 152 g/mol. The molecule has 0 N–H and O–H groups in total. The Morgan fingerprint density at radius 3 is 2.36 bits per heavy atom. The maximum Gasteiger partial charge on any atom is -0.0177 e. The maximum atomic E-state index is 3.68. The van der Waals surface area contributed by atoms with E-state index in [0.717, 1.165) is 12.8 Å². The van der Waals surface area contributed by atoms with Crippen molar-refractivity contribution in [1.29, 1.82) is 0 Å². The van der Waals surface area contributed by atoms with Crippen LogP contribution in [0.2, 0.25) is 0 Å². The zero-order chi connectivity index (χ0) is 8.74. The minimum atomic E-state index is 0.376. The molecule has 0 atom stereocenters. The first-order valence-corrected chi connectivity index (χ1v) is 4.41. The maximum absolute atomic E-state index is 3.68. The summed E-state index contributed by atoms with van der Waals surface area (Å²) in [5.74, 6) is 0. The van der Waals surface area contributed by atoms with Crippen LogP contribution in [0.15, 0.2) is 24.8 Å². The lowest BCUT2D eigenvalue weighted by Gasteiger charge is -2.16. The molecule has 0 spiro atoms. The molecular formula is C11H20. The Morgan fingerprint density at radius 1 is 1.27 bits per heavy atom. The van der Waals surface area contributed by atoms with Gasteiger partial charge >= 0.3 is 0 Å². The Labute approximate surface area is 71.0 Å². The second-order valence-corrected chi connectivity index (χ2v) is 3.61. The molecule has 0 heterocycles. The minimum absolute atomic E-state index is 0.376. The molecule has 0 aromatic heterocycles. The zero-order valence-electron chi connectivity index (χ0n) is 8.06. The highest BCUT2D eigenvalue weighted by Crippen LogP contribution is 2.21. The molecule has 0 bridgehead atoms. The van der Waals surface area contributed by atoms with Gasteiger partial charge in [0.2, 0.25) is 0 Å². The van der Waals surface area contributed by atoms with Gasteiger partial charge in [0.15, 0.2) is 0 Å². The van der Waals surface area contributed by atoms with Gasteiger partial charge in [-0.15, -0.1) is 6.58 Å². The van der Waals surface area contributed by atoms with Crippen LogP contribution in [0.3, 0.4) is 0 Å². The van der Waals surface area contributed by atoms with E-state index in [0.29, 0.717) is 5.41 Å². The van der Waals surface area contributed by atoms with Crippen molar-refractivity contribution < 1.29 is 0 Å². The van der Waals surface area contributed by atoms with Gasteiger partial charge in [-0.1, -0.05) is 39.0 Å². The van der Waals surface area contributed by atoms with Gasteiger partial charge in [0.05, 0.1) is 0 Å². The smallest absolute Gasteiger partial charge is 0.0177 e. The average molecular weight is 152 g/mol. The summed E-state index contributed by atoms with van der Waals surface area (Å²) in [7, 11) is 0. The van der Waals surface area contributed by atoms with Crippen molar-refractivity contribution in [2.45, 2.75) is 40.0 Å². The standard InChI is InChI=1S/C11H20/c1-5-7-8-9-10-11(3,4)6-2/h5,9-10H,1,6-8H2,2-4H3. The van der Waals surface area contributed by atoms with E-state index in [-0.39, 0.29) is 0 Å². The SMILES string of the molecule is C=CCCC=CC(C)(C)CC. The molecule has 0 amide bonds. The van der Waals surface area contributed by atoms with Crippen LogP contribution >= 0.6 is 0 Å². The Kier molecular flexibility index (Phi) is 4.93. The molecule has 0 aliphatic heterocycles. The molecule has 0 saturated heterocycles. The van der Waals surface area contributed by atoms with Crippen molar-refractivity contribution >= 4 is 0 Å². The Hall–Kier alpha value is -0.520. The quantitative estimate of drug-likeness (QED) is 0.413. The molecule has 0 unspecified atom stereocenters. The first-order chi connectivity index (χ1) is 5.12. The van der Waals surface area contributed by atoms with Crippen molar-refractivity contribution in [3.05, 3.63) is 24.8 Å². The highest BCUT2D eigenvalue weighted by atomic mass is 14.1. The third kappa shape index (κ3) is 5.90. The van der Waals surface area contributed by atoms with Crippen LogP contribution in [0.1, 0.15) is 40.0 Å². The minimum Gasteiger partial charge on any atom is -0.103 e. The summed E-state index contributed by atoms with van der Waals surface area (Å²) in [6.07, 6.45) is 9.95. The number of hydrogen-bond donors (Lipinski definition) is 0. The van der Waals surface area contributed by atoms with Gasteiger partial charge in [-0.2, -0.15) is 0 Å². The molecule has 0 nitrogen and oxygen atoms in total. The van der Waals surface area contributed by atoms with E-state index >= 15 is 0 Å². The van der Waals surface area contributed by atoms with Crippen molar-refractivity contribution in [2.24, 2.45) is 5.41 Å². The average Bonchev–Trinajstić information content (AvgIpc) is 1.99. The molecule has 0 aliphatic carbocycles. The third-order valence-corrected chi connectivity index (χ3v) is 2.02. The first-order valence-electron chi connectivity index (χ1n) is 4.41. The summed E-state index contributed by atoms with van der Waals surface area (Å²) < 4.78 is 0. The van der Waals surface area contributed by atoms with Crippen molar-refractivity contribution in [1.82, 2.24) is 0 Å². The summed E-state index contributed by atoms with van der Waals surface area (Å²) in [4.78, 5) is 0. The van der Waals surface area contributed by atoms with E-state index in [9.17, 15) is 0 Å². The summed E-state index contributed by atoms with van der Waals surface area (Å²) >= 11 is 0. The number of hydrogen-bond acceptors (Lipinski definition) is 0. The van der Waals surface area contributed by atoms with E-state index < -0.39 is 0 Å². The zero-order valence-corrected chi connectivity index (χ0v) is 8.06. The summed E-state index contributed by atoms with van der Waals surface area (Å²) in [6, 6.07) is 0. The van der Waals surface area contributed by atoms with Crippen LogP contribution in [-0.4, -0.2) is 0 Å². The first kappa shape index (κ1) is 10.5. The molecule has 0 saturated carbocycles. The lowest BCUT2D eigenvalue weighted by molar-refractivity contribution is 0.461. The van der Waals surface area contributed by atoms with Gasteiger partial charge in [-0.25, -0.2) is 0 Å². The number of rotatable bonds is 5. The number of allylic oxidation sites excluding steroid dienone is 3. The molecule has 0 aromatic rings. The summed E-state index contributed by atoms with van der Waals surface area (Å²) in [6.45, 7) is 10.4. The third-order valence-electron chi connectivity index (χ3n) is 2.02. The molecule has 0 fully saturated rings. The fourth-order valence-electron chi connectivity index (χ4n) is 0.734. The van der Waals surface area contributed by atoms with Crippen molar-refractivity contribution in [3.8, 4) is 0 Å². The van der Waals surface area contributed by atoms with Gasteiger partial charge in [-0.3, -0.25) is 0 Å². The Morgan fingerprint density at radius 2 is 1.91 bits per heavy atom. The second kappa shape index (κ2) is 5.17. The highest BCUT2D eigenvalue weighted by molar-refractivity contribution is 4.94. The van der Waals surface area contributed by atoms with Gasteiger partial charge in [-0.05, 0) is 24.7 Å². The molecule has 0 aromatic carbocycles. The Balaban J connectivity index is 3.63. The lowest BCUT2D eigenvalue weighted by atomic mass is 9.90. The van der Waals surface area contributed by atoms with Crippen molar-refractivity contribution in [3.63, 3.8) is 0 Å². The van der Waals surface area contributed by atoms with E-state index in [1.54, 1.807) is 0 Å². The molecule has 0 aliphatic rings. The van der Waals surface area contributed by atoms with Crippen LogP contribution in [0.25, 0.3) is 0 Å². The predicted molar refractivity (Wildman–Crippen MR) is 52.6 cm³/mol. The van der Waals surface area contributed by atoms with E-state index in [4.69, 9.17) is 0 Å². The van der Waals surface area contributed by atoms with Crippen LogP contribution in [0.4, 0.5) is 0 Å². The predicted octanol–water partition coefficient (Wildman–Crippen LogP) is 3.95. The lowest BCUT2D eigenvalue weighted by Crippen LogP contribution is -2.03. The molecule has 0 heteroatoms. The van der Waals surface area contributed by atoms with Gasteiger partial charge in [0.1, 0.15) is 0 Å². The van der Waals surface area contributed by atoms with E-state index in [2.05, 4.69) is 39.5 Å². The molecular weight excluding hydrogens is 132 g/mol. The van der Waals surface area contributed by atoms with Gasteiger partial charge < -0.3 is 0 Å². The van der Waals surface area contributed by atoms with Gasteiger partial charge in [0, 0.05) is 0 Å². The molecule has 64 valence electrons. The molecule has 0 radical (unpaired) electrons.